The van der Waals surface area contributed by atoms with Gasteiger partial charge in [-0.15, -0.1) is 0 Å². The van der Waals surface area contributed by atoms with Crippen molar-refractivity contribution in [3.8, 4) is 0 Å². The number of halogens is 1. The summed E-state index contributed by atoms with van der Waals surface area (Å²) in [5.74, 6) is 0. The molecule has 0 radical (unpaired) electrons. The van der Waals surface area contributed by atoms with Crippen LogP contribution in [0.3, 0.4) is 0 Å². The fourth-order valence-corrected chi connectivity index (χ4v) is 1.62. The van der Waals surface area contributed by atoms with Crippen LogP contribution in [-0.4, -0.2) is 21.7 Å². The Morgan fingerprint density at radius 3 is 2.50 bits per heavy atom. The van der Waals surface area contributed by atoms with Gasteiger partial charge in [0.1, 0.15) is 0 Å². The molecule has 2 unspecified atom stereocenters. The van der Waals surface area contributed by atoms with E-state index in [2.05, 4.69) is 32.9 Å². The van der Waals surface area contributed by atoms with Crippen molar-refractivity contribution in [2.75, 3.05) is 6.54 Å². The molecule has 0 amide bonds. The minimum absolute atomic E-state index is 0.409. The van der Waals surface area contributed by atoms with Gasteiger partial charge in [-0.25, -0.2) is 3.11 Å². The molecule has 1 aliphatic rings. The van der Waals surface area contributed by atoms with Crippen LogP contribution in [0.25, 0.3) is 0 Å². The third-order valence-electron chi connectivity index (χ3n) is 1.74. The summed E-state index contributed by atoms with van der Waals surface area (Å²) in [7, 11) is 0. The second-order valence-electron chi connectivity index (χ2n) is 2.32. The van der Waals surface area contributed by atoms with Crippen LogP contribution in [0.15, 0.2) is 0 Å². The van der Waals surface area contributed by atoms with Crippen molar-refractivity contribution in [3.63, 3.8) is 0 Å². The molecule has 1 aliphatic heterocycles. The van der Waals surface area contributed by atoms with Crippen molar-refractivity contribution in [1.29, 1.82) is 0 Å². The maximum absolute atomic E-state index is 5.72. The molecule has 0 spiro atoms. The van der Waals surface area contributed by atoms with Crippen LogP contribution in [0, 0.1) is 0 Å². The van der Waals surface area contributed by atoms with Crippen molar-refractivity contribution in [1.82, 2.24) is 3.11 Å². The van der Waals surface area contributed by atoms with Gasteiger partial charge in [0.2, 0.25) is 0 Å². The van der Waals surface area contributed by atoms with E-state index in [-0.39, 0.29) is 0 Å². The van der Waals surface area contributed by atoms with E-state index in [1.54, 1.807) is 0 Å². The summed E-state index contributed by atoms with van der Waals surface area (Å²) in [4.78, 5) is 0. The molecular weight excluding hydrogens is 215 g/mol. The minimum atomic E-state index is 0.409. The lowest BCUT2D eigenvalue weighted by molar-refractivity contribution is 0.473. The molecule has 3 heteroatoms. The Bertz CT molecular complexity index is 76.5. The summed E-state index contributed by atoms with van der Waals surface area (Å²) in [6.45, 7) is 3.33. The van der Waals surface area contributed by atoms with Crippen molar-refractivity contribution in [2.24, 2.45) is 5.73 Å². The summed E-state index contributed by atoms with van der Waals surface area (Å²) < 4.78 is 2.27. The zero-order valence-electron chi connectivity index (χ0n) is 4.97. The SMILES string of the molecule is CC1C(N)CCN1I. The van der Waals surface area contributed by atoms with Crippen LogP contribution in [0.5, 0.6) is 0 Å². The number of nitrogens with two attached hydrogens (primary N) is 1. The predicted molar refractivity (Wildman–Crippen MR) is 42.8 cm³/mol. The van der Waals surface area contributed by atoms with E-state index in [1.807, 2.05) is 0 Å². The molecule has 0 aromatic carbocycles. The molecule has 0 aliphatic carbocycles. The molecule has 0 bridgehead atoms. The third-order valence-corrected chi connectivity index (χ3v) is 3.10. The van der Waals surface area contributed by atoms with Crippen LogP contribution in [0.4, 0.5) is 0 Å². The summed E-state index contributed by atoms with van der Waals surface area (Å²) >= 11 is 2.33. The summed E-state index contributed by atoms with van der Waals surface area (Å²) in [5.41, 5.74) is 5.72. The second kappa shape index (κ2) is 2.49. The van der Waals surface area contributed by atoms with Crippen molar-refractivity contribution in [3.05, 3.63) is 0 Å². The van der Waals surface area contributed by atoms with Gasteiger partial charge in [-0.3, -0.25) is 0 Å². The van der Waals surface area contributed by atoms with E-state index in [4.69, 9.17) is 5.73 Å². The van der Waals surface area contributed by atoms with Crippen LogP contribution in [0.1, 0.15) is 13.3 Å². The van der Waals surface area contributed by atoms with Gasteiger partial charge in [0.15, 0.2) is 0 Å². The first kappa shape index (κ1) is 6.77. The quantitative estimate of drug-likeness (QED) is 0.488. The van der Waals surface area contributed by atoms with Gasteiger partial charge >= 0.3 is 0 Å². The summed E-state index contributed by atoms with van der Waals surface area (Å²) in [5, 5.41) is 0. The van der Waals surface area contributed by atoms with Crippen LogP contribution in [-0.2, 0) is 0 Å². The van der Waals surface area contributed by atoms with Gasteiger partial charge in [-0.05, 0) is 13.3 Å². The lowest BCUT2D eigenvalue weighted by Crippen LogP contribution is -2.31. The van der Waals surface area contributed by atoms with Gasteiger partial charge < -0.3 is 5.73 Å². The van der Waals surface area contributed by atoms with Gasteiger partial charge in [0.25, 0.3) is 0 Å². The van der Waals surface area contributed by atoms with E-state index in [0.29, 0.717) is 12.1 Å². The fourth-order valence-electron chi connectivity index (χ4n) is 0.925. The zero-order chi connectivity index (χ0) is 6.15. The Morgan fingerprint density at radius 2 is 2.38 bits per heavy atom. The van der Waals surface area contributed by atoms with Crippen molar-refractivity contribution < 1.29 is 0 Å². The molecule has 1 rings (SSSR count). The van der Waals surface area contributed by atoms with Gasteiger partial charge in [-0.2, -0.15) is 0 Å². The van der Waals surface area contributed by atoms with E-state index >= 15 is 0 Å². The maximum Gasteiger partial charge on any atom is 0.0317 e. The Balaban J connectivity index is 2.44. The monoisotopic (exact) mass is 226 g/mol. The topological polar surface area (TPSA) is 29.3 Å². The van der Waals surface area contributed by atoms with Crippen LogP contribution < -0.4 is 5.73 Å². The minimum Gasteiger partial charge on any atom is -0.326 e. The van der Waals surface area contributed by atoms with E-state index in [9.17, 15) is 0 Å². The molecule has 0 aromatic rings. The number of hydrogen-bond acceptors (Lipinski definition) is 2. The highest BCUT2D eigenvalue weighted by Crippen LogP contribution is 2.18. The number of rotatable bonds is 0. The zero-order valence-corrected chi connectivity index (χ0v) is 7.13. The molecule has 1 fully saturated rings. The molecule has 1 heterocycles. The Labute approximate surface area is 63.9 Å². The smallest absolute Gasteiger partial charge is 0.0317 e. The highest BCUT2D eigenvalue weighted by atomic mass is 127. The Morgan fingerprint density at radius 1 is 1.75 bits per heavy atom. The molecular formula is C5H11IN2. The fraction of sp³-hybridized carbons (Fsp3) is 1.00. The first-order chi connectivity index (χ1) is 3.72. The third kappa shape index (κ3) is 1.14. The molecule has 0 aromatic heterocycles. The highest BCUT2D eigenvalue weighted by molar-refractivity contribution is 14.1. The average Bonchev–Trinajstić information content (AvgIpc) is 1.98. The molecule has 8 heavy (non-hydrogen) atoms. The first-order valence-corrected chi connectivity index (χ1v) is 3.86. The predicted octanol–water partition coefficient (Wildman–Crippen LogP) is 0.758. The maximum atomic E-state index is 5.72. The van der Waals surface area contributed by atoms with Gasteiger partial charge in [0.05, 0.1) is 0 Å². The molecule has 0 saturated carbocycles. The molecule has 48 valence electrons. The largest absolute Gasteiger partial charge is 0.326 e. The molecule has 2 nitrogen and oxygen atoms in total. The van der Waals surface area contributed by atoms with E-state index in [0.717, 1.165) is 13.0 Å². The lowest BCUT2D eigenvalue weighted by Gasteiger charge is -2.13. The van der Waals surface area contributed by atoms with Gasteiger partial charge in [-0.1, -0.05) is 0 Å². The normalized spacial score (nSPS) is 40.9. The molecule has 2 N–H and O–H groups in total. The van der Waals surface area contributed by atoms with Crippen molar-refractivity contribution >= 4 is 22.9 Å². The first-order valence-electron chi connectivity index (χ1n) is 2.90. The Kier molecular flexibility index (Phi) is 2.11. The molecule has 2 atom stereocenters. The lowest BCUT2D eigenvalue weighted by atomic mass is 10.2. The standard InChI is InChI=1S/C5H11IN2/c1-4-5(7)2-3-8(4)6/h4-5H,2-3,7H2,1H3. The van der Waals surface area contributed by atoms with Gasteiger partial charge in [0, 0.05) is 41.5 Å². The molecule has 1 saturated heterocycles. The Hall–Kier alpha value is 0.650. The van der Waals surface area contributed by atoms with Crippen molar-refractivity contribution in [2.45, 2.75) is 25.4 Å². The highest BCUT2D eigenvalue weighted by Gasteiger charge is 2.25. The average molecular weight is 226 g/mol. The summed E-state index contributed by atoms with van der Waals surface area (Å²) in [6.07, 6.45) is 1.16. The number of hydrogen-bond donors (Lipinski definition) is 1. The van der Waals surface area contributed by atoms with Crippen LogP contribution in [0.2, 0.25) is 0 Å². The summed E-state index contributed by atoms with van der Waals surface area (Å²) in [6, 6.07) is 0.988. The van der Waals surface area contributed by atoms with Crippen LogP contribution >= 0.6 is 22.9 Å². The van der Waals surface area contributed by atoms with E-state index < -0.39 is 0 Å². The van der Waals surface area contributed by atoms with E-state index in [1.165, 1.54) is 0 Å². The number of nitrogens with zero attached hydrogens (tertiary/aromatic N) is 1. The second-order valence-corrected chi connectivity index (χ2v) is 3.56.